The summed E-state index contributed by atoms with van der Waals surface area (Å²) in [6, 6.07) is 16.1. The highest BCUT2D eigenvalue weighted by Gasteiger charge is 2.02. The number of methoxy groups -OCH3 is 1. The van der Waals surface area contributed by atoms with Crippen LogP contribution in [0.3, 0.4) is 0 Å². The Bertz CT molecular complexity index is 862. The first-order valence-electron chi connectivity index (χ1n) is 8.65. The fourth-order valence-corrected chi connectivity index (χ4v) is 2.74. The Labute approximate surface area is 153 Å². The van der Waals surface area contributed by atoms with Crippen molar-refractivity contribution in [1.29, 1.82) is 0 Å². The minimum Gasteiger partial charge on any atom is -0.468 e. The first-order valence-corrected chi connectivity index (χ1v) is 8.65. The molecule has 0 aliphatic rings. The van der Waals surface area contributed by atoms with Crippen molar-refractivity contribution in [2.24, 2.45) is 0 Å². The number of aliphatic hydroxyl groups excluding tert-OH is 1. The molecule has 1 aromatic heterocycles. The summed E-state index contributed by atoms with van der Waals surface area (Å²) in [5.41, 5.74) is 2.20. The highest BCUT2D eigenvalue weighted by molar-refractivity contribution is 5.86. The zero-order valence-electron chi connectivity index (χ0n) is 14.8. The molecule has 0 amide bonds. The summed E-state index contributed by atoms with van der Waals surface area (Å²) >= 11 is 0. The van der Waals surface area contributed by atoms with E-state index in [1.807, 2.05) is 54.7 Å². The average Bonchev–Trinajstić information content (AvgIpc) is 2.69. The van der Waals surface area contributed by atoms with Gasteiger partial charge in [0.25, 0.3) is 0 Å². The minimum absolute atomic E-state index is 0.239. The summed E-state index contributed by atoms with van der Waals surface area (Å²) in [4.78, 5) is 4.09. The quantitative estimate of drug-likeness (QED) is 0.619. The number of aliphatic hydroxyl groups is 1. The van der Waals surface area contributed by atoms with Gasteiger partial charge in [-0.25, -0.2) is 0 Å². The Kier molecular flexibility index (Phi) is 6.36. The van der Waals surface area contributed by atoms with E-state index in [4.69, 9.17) is 9.47 Å². The van der Waals surface area contributed by atoms with E-state index in [2.05, 4.69) is 17.1 Å². The maximum absolute atomic E-state index is 10.2. The summed E-state index contributed by atoms with van der Waals surface area (Å²) < 4.78 is 10.4. The van der Waals surface area contributed by atoms with Crippen LogP contribution in [0.25, 0.3) is 16.8 Å². The molecule has 0 aliphatic heterocycles. The Balaban J connectivity index is 1.61. The molecule has 4 nitrogen and oxygen atoms in total. The fraction of sp³-hybridized carbons (Fsp3) is 0.227. The standard InChI is InChI=1S/C22H23NO3/c1-25-16-26-22-11-8-19-13-17(4-7-20(19)14-22)5-9-21(24)10-6-18-3-2-12-23-15-18/h2-5,7-9,11-15,21,24H,6,10,16H2,1H3. The molecule has 0 fully saturated rings. The van der Waals surface area contributed by atoms with Gasteiger partial charge in [-0.15, -0.1) is 0 Å². The van der Waals surface area contributed by atoms with E-state index in [1.165, 1.54) is 0 Å². The predicted octanol–water partition coefficient (Wildman–Crippen LogP) is 4.22. The van der Waals surface area contributed by atoms with Crippen LogP contribution in [0.4, 0.5) is 0 Å². The number of pyridine rings is 1. The van der Waals surface area contributed by atoms with Gasteiger partial charge in [-0.3, -0.25) is 4.98 Å². The van der Waals surface area contributed by atoms with Crippen LogP contribution < -0.4 is 4.74 Å². The van der Waals surface area contributed by atoms with Crippen molar-refractivity contribution in [3.05, 3.63) is 78.1 Å². The lowest BCUT2D eigenvalue weighted by Gasteiger charge is -2.07. The molecule has 0 radical (unpaired) electrons. The number of hydrogen-bond acceptors (Lipinski definition) is 4. The fourth-order valence-electron chi connectivity index (χ4n) is 2.74. The Morgan fingerprint density at radius 3 is 2.77 bits per heavy atom. The van der Waals surface area contributed by atoms with Gasteiger partial charge in [-0.05, 0) is 59.0 Å². The molecule has 0 spiro atoms. The maximum Gasteiger partial charge on any atom is 0.188 e. The van der Waals surface area contributed by atoms with Crippen molar-refractivity contribution in [3.63, 3.8) is 0 Å². The molecule has 4 heteroatoms. The largest absolute Gasteiger partial charge is 0.468 e. The summed E-state index contributed by atoms with van der Waals surface area (Å²) in [6.07, 6.45) is 8.40. The number of hydrogen-bond donors (Lipinski definition) is 1. The van der Waals surface area contributed by atoms with E-state index in [0.717, 1.165) is 34.1 Å². The lowest BCUT2D eigenvalue weighted by Crippen LogP contribution is -2.03. The third-order valence-corrected chi connectivity index (χ3v) is 4.14. The molecule has 26 heavy (non-hydrogen) atoms. The SMILES string of the molecule is COCOc1ccc2cc(C=CC(O)CCc3cccnc3)ccc2c1. The molecule has 3 aromatic rings. The van der Waals surface area contributed by atoms with Gasteiger partial charge in [0.2, 0.25) is 0 Å². The summed E-state index contributed by atoms with van der Waals surface area (Å²) in [5, 5.41) is 12.4. The van der Waals surface area contributed by atoms with Gasteiger partial charge >= 0.3 is 0 Å². The van der Waals surface area contributed by atoms with Gasteiger partial charge in [0.15, 0.2) is 6.79 Å². The van der Waals surface area contributed by atoms with Gasteiger partial charge in [0.05, 0.1) is 6.10 Å². The van der Waals surface area contributed by atoms with Crippen molar-refractivity contribution in [3.8, 4) is 5.75 Å². The molecule has 0 aliphatic carbocycles. The van der Waals surface area contributed by atoms with Crippen LogP contribution in [-0.4, -0.2) is 30.1 Å². The highest BCUT2D eigenvalue weighted by Crippen LogP contribution is 2.23. The van der Waals surface area contributed by atoms with Gasteiger partial charge in [-0.1, -0.05) is 36.4 Å². The van der Waals surface area contributed by atoms with E-state index >= 15 is 0 Å². The average molecular weight is 349 g/mol. The number of rotatable bonds is 8. The number of aromatic nitrogens is 1. The van der Waals surface area contributed by atoms with E-state index in [0.29, 0.717) is 6.42 Å². The predicted molar refractivity (Wildman–Crippen MR) is 104 cm³/mol. The second-order valence-electron chi connectivity index (χ2n) is 6.15. The van der Waals surface area contributed by atoms with Crippen LogP contribution in [0.15, 0.2) is 67.0 Å². The van der Waals surface area contributed by atoms with E-state index < -0.39 is 6.10 Å². The second kappa shape index (κ2) is 9.13. The van der Waals surface area contributed by atoms with Crippen molar-refractivity contribution < 1.29 is 14.6 Å². The third-order valence-electron chi connectivity index (χ3n) is 4.14. The summed E-state index contributed by atoms with van der Waals surface area (Å²) in [7, 11) is 1.60. The minimum atomic E-state index is -0.476. The monoisotopic (exact) mass is 349 g/mol. The zero-order chi connectivity index (χ0) is 18.2. The van der Waals surface area contributed by atoms with Gasteiger partial charge < -0.3 is 14.6 Å². The second-order valence-corrected chi connectivity index (χ2v) is 6.15. The molecule has 1 atom stereocenters. The number of ether oxygens (including phenoxy) is 2. The smallest absolute Gasteiger partial charge is 0.188 e. The maximum atomic E-state index is 10.2. The third kappa shape index (κ3) is 5.15. The molecule has 2 aromatic carbocycles. The number of aryl methyl sites for hydroxylation is 1. The van der Waals surface area contributed by atoms with E-state index in [-0.39, 0.29) is 6.79 Å². The normalized spacial score (nSPS) is 12.5. The van der Waals surface area contributed by atoms with E-state index in [9.17, 15) is 5.11 Å². The van der Waals surface area contributed by atoms with Gasteiger partial charge in [-0.2, -0.15) is 0 Å². The topological polar surface area (TPSA) is 51.6 Å². The van der Waals surface area contributed by atoms with Crippen molar-refractivity contribution >= 4 is 16.8 Å². The highest BCUT2D eigenvalue weighted by atomic mass is 16.7. The first kappa shape index (κ1) is 18.1. The van der Waals surface area contributed by atoms with Crippen molar-refractivity contribution in [2.45, 2.75) is 18.9 Å². The first-order chi connectivity index (χ1) is 12.7. The van der Waals surface area contributed by atoms with Crippen LogP contribution >= 0.6 is 0 Å². The number of nitrogens with zero attached hydrogens (tertiary/aromatic N) is 1. The molecule has 1 N–H and O–H groups in total. The molecular formula is C22H23NO3. The zero-order valence-corrected chi connectivity index (χ0v) is 14.8. The van der Waals surface area contributed by atoms with Crippen molar-refractivity contribution in [2.75, 3.05) is 13.9 Å². The molecule has 1 unspecified atom stereocenters. The summed E-state index contributed by atoms with van der Waals surface area (Å²) in [5.74, 6) is 0.786. The molecule has 134 valence electrons. The van der Waals surface area contributed by atoms with Gasteiger partial charge in [0, 0.05) is 19.5 Å². The molecule has 0 saturated heterocycles. The molecule has 0 bridgehead atoms. The molecule has 0 saturated carbocycles. The van der Waals surface area contributed by atoms with Crippen LogP contribution in [-0.2, 0) is 11.2 Å². The number of benzene rings is 2. The van der Waals surface area contributed by atoms with Crippen LogP contribution in [0.2, 0.25) is 0 Å². The Hall–Kier alpha value is -2.69. The van der Waals surface area contributed by atoms with Crippen LogP contribution in [0, 0.1) is 0 Å². The summed E-state index contributed by atoms with van der Waals surface area (Å²) in [6.45, 7) is 0.239. The van der Waals surface area contributed by atoms with Crippen molar-refractivity contribution in [1.82, 2.24) is 4.98 Å². The Morgan fingerprint density at radius 2 is 1.96 bits per heavy atom. The number of fused-ring (bicyclic) bond motifs is 1. The molecule has 1 heterocycles. The lowest BCUT2D eigenvalue weighted by molar-refractivity contribution is 0.0512. The van der Waals surface area contributed by atoms with Crippen LogP contribution in [0.1, 0.15) is 17.5 Å². The molecule has 3 rings (SSSR count). The molecular weight excluding hydrogens is 326 g/mol. The van der Waals surface area contributed by atoms with Gasteiger partial charge in [0.1, 0.15) is 5.75 Å². The van der Waals surface area contributed by atoms with Crippen LogP contribution in [0.5, 0.6) is 5.75 Å². The Morgan fingerprint density at radius 1 is 1.12 bits per heavy atom. The van der Waals surface area contributed by atoms with E-state index in [1.54, 1.807) is 13.3 Å². The lowest BCUT2D eigenvalue weighted by atomic mass is 10.0.